The maximum atomic E-state index is 9.11. The standard InChI is InChI=1S/C14H15N3S/c1-2-4-9-7-12(9)17-11-6-3-5-10(8-15)13(11)16-14(17)18/h3,5-6,9,12H,2,4,7H2,1H3,(H,16,18). The molecule has 2 aromatic rings. The highest BCUT2D eigenvalue weighted by atomic mass is 32.1. The molecule has 0 bridgehead atoms. The summed E-state index contributed by atoms with van der Waals surface area (Å²) in [6, 6.07) is 8.54. The molecule has 0 saturated heterocycles. The largest absolute Gasteiger partial charge is 0.329 e. The van der Waals surface area contributed by atoms with Gasteiger partial charge in [-0.05, 0) is 43.1 Å². The molecule has 4 heteroatoms. The van der Waals surface area contributed by atoms with E-state index in [1.54, 1.807) is 0 Å². The van der Waals surface area contributed by atoms with Crippen LogP contribution in [0.5, 0.6) is 0 Å². The van der Waals surface area contributed by atoms with Crippen LogP contribution in [0.3, 0.4) is 0 Å². The fourth-order valence-corrected chi connectivity index (χ4v) is 3.14. The van der Waals surface area contributed by atoms with E-state index in [4.69, 9.17) is 17.5 Å². The quantitative estimate of drug-likeness (QED) is 0.847. The van der Waals surface area contributed by atoms with Crippen LogP contribution >= 0.6 is 12.2 Å². The number of hydrogen-bond donors (Lipinski definition) is 1. The van der Waals surface area contributed by atoms with Crippen LogP contribution in [0.25, 0.3) is 11.0 Å². The number of H-pyrrole nitrogens is 1. The van der Waals surface area contributed by atoms with E-state index < -0.39 is 0 Å². The highest BCUT2D eigenvalue weighted by Crippen LogP contribution is 2.47. The predicted molar refractivity (Wildman–Crippen MR) is 73.9 cm³/mol. The third kappa shape index (κ3) is 1.67. The van der Waals surface area contributed by atoms with Gasteiger partial charge in [-0.15, -0.1) is 0 Å². The molecule has 1 fully saturated rings. The molecule has 0 aliphatic heterocycles. The highest BCUT2D eigenvalue weighted by molar-refractivity contribution is 7.71. The van der Waals surface area contributed by atoms with Crippen LogP contribution in [0.2, 0.25) is 0 Å². The maximum absolute atomic E-state index is 9.11. The Morgan fingerprint density at radius 3 is 3.11 bits per heavy atom. The Hall–Kier alpha value is -1.60. The number of aromatic nitrogens is 2. The van der Waals surface area contributed by atoms with Crippen molar-refractivity contribution >= 4 is 23.3 Å². The normalized spacial score (nSPS) is 22.0. The van der Waals surface area contributed by atoms with Crippen molar-refractivity contribution in [2.75, 3.05) is 0 Å². The Morgan fingerprint density at radius 1 is 1.56 bits per heavy atom. The van der Waals surface area contributed by atoms with Gasteiger partial charge < -0.3 is 9.55 Å². The lowest BCUT2D eigenvalue weighted by atomic mass is 10.2. The van der Waals surface area contributed by atoms with E-state index in [9.17, 15) is 0 Å². The molecule has 3 nitrogen and oxygen atoms in total. The number of nitriles is 1. The fourth-order valence-electron chi connectivity index (χ4n) is 2.80. The van der Waals surface area contributed by atoms with Crippen LogP contribution in [-0.4, -0.2) is 9.55 Å². The number of nitrogens with zero attached hydrogens (tertiary/aromatic N) is 2. The second-order valence-electron chi connectivity index (χ2n) is 4.96. The number of nitrogens with one attached hydrogen (secondary N) is 1. The summed E-state index contributed by atoms with van der Waals surface area (Å²) in [5.74, 6) is 0.756. The molecule has 3 rings (SSSR count). The Labute approximate surface area is 111 Å². The third-order valence-corrected chi connectivity index (χ3v) is 4.05. The first-order chi connectivity index (χ1) is 8.76. The van der Waals surface area contributed by atoms with E-state index >= 15 is 0 Å². The third-order valence-electron chi connectivity index (χ3n) is 3.75. The fraction of sp³-hybridized carbons (Fsp3) is 0.429. The lowest BCUT2D eigenvalue weighted by Crippen LogP contribution is -1.96. The molecule has 18 heavy (non-hydrogen) atoms. The molecule has 1 aromatic heterocycles. The Kier molecular flexibility index (Phi) is 2.71. The molecule has 0 spiro atoms. The molecule has 0 amide bonds. The zero-order chi connectivity index (χ0) is 12.7. The molecule has 1 saturated carbocycles. The minimum Gasteiger partial charge on any atom is -0.329 e. The molecule has 1 N–H and O–H groups in total. The molecule has 1 aliphatic rings. The smallest absolute Gasteiger partial charge is 0.178 e. The summed E-state index contributed by atoms with van der Waals surface area (Å²) in [4.78, 5) is 3.19. The van der Waals surface area contributed by atoms with Crippen LogP contribution in [0.4, 0.5) is 0 Å². The summed E-state index contributed by atoms with van der Waals surface area (Å²) in [5, 5.41) is 9.11. The predicted octanol–water partition coefficient (Wildman–Crippen LogP) is 3.93. The van der Waals surface area contributed by atoms with Crippen molar-refractivity contribution in [2.45, 2.75) is 32.2 Å². The minimum atomic E-state index is 0.528. The number of rotatable bonds is 3. The molecule has 1 aliphatic carbocycles. The first-order valence-electron chi connectivity index (χ1n) is 6.39. The van der Waals surface area contributed by atoms with Crippen LogP contribution in [-0.2, 0) is 0 Å². The van der Waals surface area contributed by atoms with Crippen LogP contribution < -0.4 is 0 Å². The maximum Gasteiger partial charge on any atom is 0.178 e. The second-order valence-corrected chi connectivity index (χ2v) is 5.35. The summed E-state index contributed by atoms with van der Waals surface area (Å²) in [6.07, 6.45) is 3.70. The highest BCUT2D eigenvalue weighted by Gasteiger charge is 2.38. The second kappa shape index (κ2) is 4.25. The van der Waals surface area contributed by atoms with E-state index in [2.05, 4.69) is 22.5 Å². The summed E-state index contributed by atoms with van der Waals surface area (Å²) in [7, 11) is 0. The van der Waals surface area contributed by atoms with Crippen molar-refractivity contribution in [2.24, 2.45) is 5.92 Å². The van der Waals surface area contributed by atoms with Gasteiger partial charge >= 0.3 is 0 Å². The average molecular weight is 257 g/mol. The number of benzene rings is 1. The van der Waals surface area contributed by atoms with E-state index in [1.165, 1.54) is 19.3 Å². The van der Waals surface area contributed by atoms with E-state index in [1.807, 2.05) is 18.2 Å². The molecule has 1 aromatic carbocycles. The molecule has 2 unspecified atom stereocenters. The monoisotopic (exact) mass is 257 g/mol. The SMILES string of the molecule is CCCC1CC1n1c(=S)[nH]c2c(C#N)cccc21. The topological polar surface area (TPSA) is 44.5 Å². The number of fused-ring (bicyclic) bond motifs is 1. The van der Waals surface area contributed by atoms with Crippen molar-refractivity contribution in [1.29, 1.82) is 5.26 Å². The van der Waals surface area contributed by atoms with Gasteiger partial charge in [-0.25, -0.2) is 0 Å². The molecular formula is C14H15N3S. The molecular weight excluding hydrogens is 242 g/mol. The average Bonchev–Trinajstić information content (AvgIpc) is 3.02. The summed E-state index contributed by atoms with van der Waals surface area (Å²) in [6.45, 7) is 2.22. The van der Waals surface area contributed by atoms with Gasteiger partial charge in [-0.3, -0.25) is 0 Å². The molecule has 1 heterocycles. The van der Waals surface area contributed by atoms with Crippen LogP contribution in [0, 0.1) is 22.0 Å². The first-order valence-corrected chi connectivity index (χ1v) is 6.80. The van der Waals surface area contributed by atoms with E-state index in [0.29, 0.717) is 11.6 Å². The minimum absolute atomic E-state index is 0.528. The van der Waals surface area contributed by atoms with Gasteiger partial charge in [0, 0.05) is 6.04 Å². The van der Waals surface area contributed by atoms with E-state index in [0.717, 1.165) is 21.7 Å². The van der Waals surface area contributed by atoms with Gasteiger partial charge in [0.2, 0.25) is 0 Å². The van der Waals surface area contributed by atoms with E-state index in [-0.39, 0.29) is 0 Å². The Bertz CT molecular complexity index is 689. The zero-order valence-electron chi connectivity index (χ0n) is 10.3. The van der Waals surface area contributed by atoms with Gasteiger partial charge in [0.05, 0.1) is 16.6 Å². The molecule has 2 atom stereocenters. The van der Waals surface area contributed by atoms with Crippen LogP contribution in [0.15, 0.2) is 18.2 Å². The number of aromatic amines is 1. The summed E-state index contributed by atoms with van der Waals surface area (Å²) < 4.78 is 2.95. The number of imidazole rings is 1. The van der Waals surface area contributed by atoms with Gasteiger partial charge in [-0.2, -0.15) is 5.26 Å². The Morgan fingerprint density at radius 2 is 2.39 bits per heavy atom. The van der Waals surface area contributed by atoms with Crippen LogP contribution in [0.1, 0.15) is 37.8 Å². The van der Waals surface area contributed by atoms with Gasteiger partial charge in [0.1, 0.15) is 6.07 Å². The summed E-state index contributed by atoms with van der Waals surface area (Å²) in [5.41, 5.74) is 2.62. The number of para-hydroxylation sites is 1. The first kappa shape index (κ1) is 11.5. The molecule has 92 valence electrons. The van der Waals surface area contributed by atoms with Crippen molar-refractivity contribution in [1.82, 2.24) is 9.55 Å². The van der Waals surface area contributed by atoms with Gasteiger partial charge in [0.15, 0.2) is 4.77 Å². The van der Waals surface area contributed by atoms with Crippen molar-refractivity contribution in [3.63, 3.8) is 0 Å². The van der Waals surface area contributed by atoms with Crippen molar-refractivity contribution < 1.29 is 0 Å². The lowest BCUT2D eigenvalue weighted by Gasteiger charge is -2.03. The van der Waals surface area contributed by atoms with Crippen molar-refractivity contribution in [3.8, 4) is 6.07 Å². The van der Waals surface area contributed by atoms with Gasteiger partial charge in [-0.1, -0.05) is 19.4 Å². The lowest BCUT2D eigenvalue weighted by molar-refractivity contribution is 0.613. The molecule has 0 radical (unpaired) electrons. The van der Waals surface area contributed by atoms with Crippen molar-refractivity contribution in [3.05, 3.63) is 28.5 Å². The number of hydrogen-bond acceptors (Lipinski definition) is 2. The summed E-state index contributed by atoms with van der Waals surface area (Å²) >= 11 is 5.41. The Balaban J connectivity index is 2.12. The zero-order valence-corrected chi connectivity index (χ0v) is 11.1. The van der Waals surface area contributed by atoms with Gasteiger partial charge in [0.25, 0.3) is 0 Å².